The first-order valence-electron chi connectivity index (χ1n) is 11.2. The van der Waals surface area contributed by atoms with Crippen molar-refractivity contribution in [3.05, 3.63) is 71.0 Å². The van der Waals surface area contributed by atoms with Gasteiger partial charge in [-0.2, -0.15) is 0 Å². The smallest absolute Gasteiger partial charge is 0.227 e. The highest BCUT2D eigenvalue weighted by atomic mass is 32.2. The predicted octanol–water partition coefficient (Wildman–Crippen LogP) is 5.03. The van der Waals surface area contributed by atoms with E-state index >= 15 is 0 Å². The fourth-order valence-corrected chi connectivity index (χ4v) is 5.76. The van der Waals surface area contributed by atoms with Gasteiger partial charge in [0.15, 0.2) is 5.16 Å². The highest BCUT2D eigenvalue weighted by Gasteiger charge is 2.24. The minimum atomic E-state index is 0.187. The van der Waals surface area contributed by atoms with E-state index in [9.17, 15) is 4.79 Å². The van der Waals surface area contributed by atoms with Crippen LogP contribution in [0.4, 0.5) is 5.82 Å². The summed E-state index contributed by atoms with van der Waals surface area (Å²) in [5.74, 6) is 2.78. The van der Waals surface area contributed by atoms with E-state index in [2.05, 4.69) is 17.9 Å². The molecule has 0 bridgehead atoms. The summed E-state index contributed by atoms with van der Waals surface area (Å²) in [6.45, 7) is 5.12. The lowest BCUT2D eigenvalue weighted by Crippen LogP contribution is -2.49. The molecule has 1 aliphatic heterocycles. The maximum atomic E-state index is 12.8. The van der Waals surface area contributed by atoms with Gasteiger partial charge in [0.1, 0.15) is 16.4 Å². The molecule has 0 saturated carbocycles. The van der Waals surface area contributed by atoms with E-state index in [0.717, 1.165) is 52.0 Å². The first-order chi connectivity index (χ1) is 16.2. The first kappa shape index (κ1) is 22.0. The van der Waals surface area contributed by atoms with E-state index in [1.54, 1.807) is 29.4 Å². The zero-order chi connectivity index (χ0) is 22.6. The summed E-state index contributed by atoms with van der Waals surface area (Å²) < 4.78 is 5.47. The Bertz CT molecular complexity index is 1220. The predicted molar refractivity (Wildman–Crippen MR) is 134 cm³/mol. The van der Waals surface area contributed by atoms with Crippen LogP contribution in [0.2, 0.25) is 0 Å². The summed E-state index contributed by atoms with van der Waals surface area (Å²) >= 11 is 3.33. The number of anilines is 1. The van der Waals surface area contributed by atoms with E-state index in [0.29, 0.717) is 25.3 Å². The van der Waals surface area contributed by atoms with Gasteiger partial charge in [0.25, 0.3) is 0 Å². The lowest BCUT2D eigenvalue weighted by Gasteiger charge is -2.35. The number of hydrogen-bond donors (Lipinski definition) is 0. The van der Waals surface area contributed by atoms with Crippen LogP contribution >= 0.6 is 23.1 Å². The number of benzene rings is 1. The van der Waals surface area contributed by atoms with Crippen LogP contribution in [-0.4, -0.2) is 47.0 Å². The lowest BCUT2D eigenvalue weighted by atomic mass is 10.1. The Balaban J connectivity index is 1.32. The fraction of sp³-hybridized carbons (Fsp3) is 0.320. The second-order valence-corrected chi connectivity index (χ2v) is 10.1. The first-order valence-corrected chi connectivity index (χ1v) is 13.0. The van der Waals surface area contributed by atoms with Crippen molar-refractivity contribution in [1.82, 2.24) is 14.9 Å². The maximum Gasteiger partial charge on any atom is 0.227 e. The molecule has 5 rings (SSSR count). The molecule has 4 aromatic rings. The van der Waals surface area contributed by atoms with Crippen molar-refractivity contribution in [3.63, 3.8) is 0 Å². The van der Waals surface area contributed by atoms with Crippen molar-refractivity contribution >= 4 is 45.0 Å². The van der Waals surface area contributed by atoms with Crippen LogP contribution in [0.5, 0.6) is 0 Å². The number of aromatic nitrogens is 2. The Kier molecular flexibility index (Phi) is 6.64. The summed E-state index contributed by atoms with van der Waals surface area (Å²) in [6, 6.07) is 16.1. The molecule has 0 unspecified atom stereocenters. The topological polar surface area (TPSA) is 62.5 Å². The van der Waals surface area contributed by atoms with Crippen LogP contribution in [0.25, 0.3) is 10.2 Å². The zero-order valence-electron chi connectivity index (χ0n) is 18.6. The summed E-state index contributed by atoms with van der Waals surface area (Å²) in [6.07, 6.45) is 3.13. The Morgan fingerprint density at radius 2 is 1.91 bits per heavy atom. The molecule has 170 valence electrons. The van der Waals surface area contributed by atoms with Crippen molar-refractivity contribution in [3.8, 4) is 0 Å². The van der Waals surface area contributed by atoms with Crippen LogP contribution in [0, 0.1) is 0 Å². The van der Waals surface area contributed by atoms with Crippen LogP contribution in [0.1, 0.15) is 23.1 Å². The van der Waals surface area contributed by atoms with Gasteiger partial charge in [0.2, 0.25) is 5.91 Å². The number of nitrogens with zero attached hydrogens (tertiary/aromatic N) is 4. The number of rotatable bonds is 7. The number of furan rings is 1. The normalized spacial score (nSPS) is 14.2. The van der Waals surface area contributed by atoms with Gasteiger partial charge < -0.3 is 14.2 Å². The van der Waals surface area contributed by atoms with E-state index in [1.165, 1.54) is 4.88 Å². The molecular formula is C25H26N4O2S2. The number of hydrogen-bond acceptors (Lipinski definition) is 7. The van der Waals surface area contributed by atoms with Gasteiger partial charge >= 0.3 is 0 Å². The minimum absolute atomic E-state index is 0.187. The third kappa shape index (κ3) is 5.07. The summed E-state index contributed by atoms with van der Waals surface area (Å²) in [7, 11) is 0. The number of thiophene rings is 1. The molecular weight excluding hydrogens is 452 g/mol. The van der Waals surface area contributed by atoms with E-state index < -0.39 is 0 Å². The lowest BCUT2D eigenvalue weighted by molar-refractivity contribution is -0.130. The molecule has 1 aromatic carbocycles. The molecule has 1 aliphatic rings. The van der Waals surface area contributed by atoms with Gasteiger partial charge in [-0.25, -0.2) is 9.97 Å². The molecule has 33 heavy (non-hydrogen) atoms. The molecule has 6 nitrogen and oxygen atoms in total. The number of carbonyl (C=O) groups excluding carboxylic acids is 1. The van der Waals surface area contributed by atoms with Crippen molar-refractivity contribution in [2.45, 2.75) is 30.7 Å². The van der Waals surface area contributed by atoms with Gasteiger partial charge in [0.05, 0.1) is 23.8 Å². The van der Waals surface area contributed by atoms with Crippen molar-refractivity contribution in [2.24, 2.45) is 0 Å². The molecule has 1 amide bonds. The molecule has 0 atom stereocenters. The summed E-state index contributed by atoms with van der Waals surface area (Å²) in [5, 5.41) is 1.88. The number of carbonyl (C=O) groups is 1. The van der Waals surface area contributed by atoms with Gasteiger partial charge in [-0.15, -0.1) is 11.3 Å². The monoisotopic (exact) mass is 478 g/mol. The molecule has 3 aromatic heterocycles. The molecule has 0 spiro atoms. The third-order valence-electron chi connectivity index (χ3n) is 5.81. The fourth-order valence-electron chi connectivity index (χ4n) is 4.00. The SMILES string of the molecule is CCc1cc2c(N3CCN(C(=O)Cc4ccccc4)CC3)nc(SCc3ccco3)nc2s1. The van der Waals surface area contributed by atoms with E-state index in [-0.39, 0.29) is 5.91 Å². The largest absolute Gasteiger partial charge is 0.468 e. The molecule has 8 heteroatoms. The van der Waals surface area contributed by atoms with Crippen LogP contribution in [0.15, 0.2) is 64.4 Å². The van der Waals surface area contributed by atoms with Crippen molar-refractivity contribution < 1.29 is 9.21 Å². The highest BCUT2D eigenvalue weighted by Crippen LogP contribution is 2.34. The third-order valence-corrected chi connectivity index (χ3v) is 7.85. The summed E-state index contributed by atoms with van der Waals surface area (Å²) in [4.78, 5) is 29.2. The molecule has 0 aliphatic carbocycles. The Morgan fingerprint density at radius 1 is 1.09 bits per heavy atom. The van der Waals surface area contributed by atoms with Crippen LogP contribution in [0.3, 0.4) is 0 Å². The molecule has 0 N–H and O–H groups in total. The second-order valence-electron chi connectivity index (χ2n) is 8.01. The van der Waals surface area contributed by atoms with E-state index in [1.807, 2.05) is 47.4 Å². The van der Waals surface area contributed by atoms with Crippen LogP contribution in [-0.2, 0) is 23.4 Å². The number of piperazine rings is 1. The van der Waals surface area contributed by atoms with Gasteiger partial charge in [-0.05, 0) is 30.2 Å². The average molecular weight is 479 g/mol. The summed E-state index contributed by atoms with van der Waals surface area (Å²) in [5.41, 5.74) is 1.06. The Labute approximate surface area is 201 Å². The van der Waals surface area contributed by atoms with Crippen molar-refractivity contribution in [2.75, 3.05) is 31.1 Å². The molecule has 0 radical (unpaired) electrons. The highest BCUT2D eigenvalue weighted by molar-refractivity contribution is 7.98. The van der Waals surface area contributed by atoms with Gasteiger partial charge in [-0.3, -0.25) is 4.79 Å². The molecule has 4 heterocycles. The standard InChI is InChI=1S/C25H26N4O2S2/c1-2-20-16-21-23(26-25(27-24(21)33-20)32-17-19-9-6-14-31-19)29-12-10-28(11-13-29)22(30)15-18-7-4-3-5-8-18/h3-9,14,16H,2,10-13,15,17H2,1H3. The molecule has 1 saturated heterocycles. The number of aryl methyl sites for hydroxylation is 1. The minimum Gasteiger partial charge on any atom is -0.468 e. The quantitative estimate of drug-likeness (QED) is 0.274. The second kappa shape index (κ2) is 9.97. The Morgan fingerprint density at radius 3 is 2.64 bits per heavy atom. The number of thioether (sulfide) groups is 1. The maximum absolute atomic E-state index is 12.8. The van der Waals surface area contributed by atoms with Crippen molar-refractivity contribution in [1.29, 1.82) is 0 Å². The van der Waals surface area contributed by atoms with Gasteiger partial charge in [0, 0.05) is 31.1 Å². The zero-order valence-corrected chi connectivity index (χ0v) is 20.2. The average Bonchev–Trinajstić information content (AvgIpc) is 3.52. The Hall–Kier alpha value is -2.84. The van der Waals surface area contributed by atoms with Crippen LogP contribution < -0.4 is 4.90 Å². The van der Waals surface area contributed by atoms with Gasteiger partial charge in [-0.1, -0.05) is 49.0 Å². The van der Waals surface area contributed by atoms with E-state index in [4.69, 9.17) is 14.4 Å². The number of amides is 1. The molecule has 1 fully saturated rings. The number of fused-ring (bicyclic) bond motifs is 1.